The van der Waals surface area contributed by atoms with E-state index in [9.17, 15) is 5.11 Å². The van der Waals surface area contributed by atoms with E-state index >= 15 is 0 Å². The van der Waals surface area contributed by atoms with E-state index in [4.69, 9.17) is 0 Å². The van der Waals surface area contributed by atoms with Gasteiger partial charge < -0.3 is 5.11 Å². The molecule has 0 aliphatic rings. The second kappa shape index (κ2) is 4.44. The van der Waals surface area contributed by atoms with Gasteiger partial charge in [0.1, 0.15) is 5.60 Å². The number of hydrogen-bond acceptors (Lipinski definition) is 3. The predicted octanol–water partition coefficient (Wildman–Crippen LogP) is 3.86. The van der Waals surface area contributed by atoms with E-state index in [1.165, 1.54) is 0 Å². The molecular formula is C16H15NOS. The molecule has 3 rings (SSSR count). The molecule has 0 spiro atoms. The molecule has 0 saturated carbocycles. The molecule has 2 heterocycles. The smallest absolute Gasteiger partial charge is 0.123 e. The Hall–Kier alpha value is -1.71. The van der Waals surface area contributed by atoms with Crippen LogP contribution in [0.25, 0.3) is 10.8 Å². The van der Waals surface area contributed by atoms with Gasteiger partial charge in [0.2, 0.25) is 0 Å². The summed E-state index contributed by atoms with van der Waals surface area (Å²) < 4.78 is 0. The molecule has 0 fully saturated rings. The molecule has 19 heavy (non-hydrogen) atoms. The van der Waals surface area contributed by atoms with Crippen molar-refractivity contribution in [3.8, 4) is 0 Å². The van der Waals surface area contributed by atoms with Crippen LogP contribution in [-0.4, -0.2) is 10.1 Å². The normalized spacial score (nSPS) is 14.5. The largest absolute Gasteiger partial charge is 0.380 e. The number of fused-ring (bicyclic) bond motifs is 1. The van der Waals surface area contributed by atoms with Crippen molar-refractivity contribution in [3.63, 3.8) is 0 Å². The SMILES string of the molecule is Cc1ccsc1C(C)(O)c1cncc2ccccc12. The van der Waals surface area contributed by atoms with Crippen molar-refractivity contribution in [2.75, 3.05) is 0 Å². The zero-order valence-electron chi connectivity index (χ0n) is 10.9. The summed E-state index contributed by atoms with van der Waals surface area (Å²) in [5, 5.41) is 15.1. The molecule has 0 aliphatic carbocycles. The van der Waals surface area contributed by atoms with Gasteiger partial charge in [0.15, 0.2) is 0 Å². The van der Waals surface area contributed by atoms with Crippen molar-refractivity contribution >= 4 is 22.1 Å². The minimum atomic E-state index is -1.01. The van der Waals surface area contributed by atoms with E-state index in [0.717, 1.165) is 26.8 Å². The molecule has 0 aliphatic heterocycles. The topological polar surface area (TPSA) is 33.1 Å². The Morgan fingerprint density at radius 3 is 2.68 bits per heavy atom. The summed E-state index contributed by atoms with van der Waals surface area (Å²) in [6.45, 7) is 3.87. The van der Waals surface area contributed by atoms with Crippen molar-refractivity contribution in [1.29, 1.82) is 0 Å². The molecule has 2 nitrogen and oxygen atoms in total. The number of thiophene rings is 1. The molecule has 0 amide bonds. The fraction of sp³-hybridized carbons (Fsp3) is 0.188. The van der Waals surface area contributed by atoms with Crippen LogP contribution in [0.3, 0.4) is 0 Å². The number of aryl methyl sites for hydroxylation is 1. The van der Waals surface area contributed by atoms with Gasteiger partial charge in [-0.1, -0.05) is 24.3 Å². The Morgan fingerprint density at radius 1 is 1.16 bits per heavy atom. The van der Waals surface area contributed by atoms with Crippen LogP contribution in [0.4, 0.5) is 0 Å². The molecular weight excluding hydrogens is 254 g/mol. The molecule has 96 valence electrons. The Bertz CT molecular complexity index is 725. The summed E-state index contributed by atoms with van der Waals surface area (Å²) in [6.07, 6.45) is 3.59. The molecule has 2 aromatic heterocycles. The van der Waals surface area contributed by atoms with Crippen molar-refractivity contribution in [2.24, 2.45) is 0 Å². The number of nitrogens with zero attached hydrogens (tertiary/aromatic N) is 1. The van der Waals surface area contributed by atoms with Gasteiger partial charge in [0.25, 0.3) is 0 Å². The quantitative estimate of drug-likeness (QED) is 0.766. The van der Waals surface area contributed by atoms with Crippen LogP contribution >= 0.6 is 11.3 Å². The number of rotatable bonds is 2. The van der Waals surface area contributed by atoms with Gasteiger partial charge in [-0.2, -0.15) is 0 Å². The highest BCUT2D eigenvalue weighted by Crippen LogP contribution is 2.37. The summed E-state index contributed by atoms with van der Waals surface area (Å²) in [6, 6.07) is 10.1. The Morgan fingerprint density at radius 2 is 1.95 bits per heavy atom. The van der Waals surface area contributed by atoms with Crippen LogP contribution in [0.2, 0.25) is 0 Å². The molecule has 1 atom stereocenters. The first kappa shape index (κ1) is 12.3. The Kier molecular flexibility index (Phi) is 2.88. The van der Waals surface area contributed by atoms with Crippen molar-refractivity contribution in [2.45, 2.75) is 19.4 Å². The second-order valence-electron chi connectivity index (χ2n) is 4.91. The summed E-state index contributed by atoms with van der Waals surface area (Å²) in [4.78, 5) is 5.24. The lowest BCUT2D eigenvalue weighted by atomic mass is 9.90. The van der Waals surface area contributed by atoms with Gasteiger partial charge in [-0.25, -0.2) is 0 Å². The van der Waals surface area contributed by atoms with E-state index in [1.807, 2.05) is 55.8 Å². The molecule has 0 bridgehead atoms. The lowest BCUT2D eigenvalue weighted by Crippen LogP contribution is -2.23. The highest BCUT2D eigenvalue weighted by Gasteiger charge is 2.30. The Balaban J connectivity index is 2.27. The van der Waals surface area contributed by atoms with Gasteiger partial charge in [-0.3, -0.25) is 4.98 Å². The minimum absolute atomic E-state index is 0.858. The standard InChI is InChI=1S/C16H15NOS/c1-11-7-8-19-15(11)16(2,18)14-10-17-9-12-5-3-4-6-13(12)14/h3-10,18H,1-2H3. The molecule has 0 radical (unpaired) electrons. The van der Waals surface area contributed by atoms with Gasteiger partial charge in [-0.15, -0.1) is 11.3 Å². The van der Waals surface area contributed by atoms with Crippen LogP contribution in [0.15, 0.2) is 48.1 Å². The van der Waals surface area contributed by atoms with Crippen LogP contribution in [-0.2, 0) is 5.60 Å². The van der Waals surface area contributed by atoms with Gasteiger partial charge in [0, 0.05) is 28.2 Å². The lowest BCUT2D eigenvalue weighted by molar-refractivity contribution is 0.107. The minimum Gasteiger partial charge on any atom is -0.380 e. The number of hydrogen-bond donors (Lipinski definition) is 1. The third kappa shape index (κ3) is 1.95. The van der Waals surface area contributed by atoms with Crippen LogP contribution < -0.4 is 0 Å². The number of pyridine rings is 1. The van der Waals surface area contributed by atoms with Crippen LogP contribution in [0, 0.1) is 6.92 Å². The second-order valence-corrected chi connectivity index (χ2v) is 5.83. The van der Waals surface area contributed by atoms with E-state index in [0.29, 0.717) is 0 Å². The third-order valence-electron chi connectivity index (χ3n) is 3.50. The maximum absolute atomic E-state index is 11.0. The van der Waals surface area contributed by atoms with Gasteiger partial charge in [-0.05, 0) is 36.2 Å². The summed E-state index contributed by atoms with van der Waals surface area (Å²) >= 11 is 1.58. The van der Waals surface area contributed by atoms with E-state index in [-0.39, 0.29) is 0 Å². The van der Waals surface area contributed by atoms with Crippen LogP contribution in [0.5, 0.6) is 0 Å². The highest BCUT2D eigenvalue weighted by molar-refractivity contribution is 7.10. The first-order chi connectivity index (χ1) is 9.10. The van der Waals surface area contributed by atoms with Crippen molar-refractivity contribution < 1.29 is 5.11 Å². The first-order valence-corrected chi connectivity index (χ1v) is 7.09. The molecule has 1 unspecified atom stereocenters. The maximum Gasteiger partial charge on any atom is 0.123 e. The zero-order chi connectivity index (χ0) is 13.5. The molecule has 1 aromatic carbocycles. The Labute approximate surface area is 116 Å². The third-order valence-corrected chi connectivity index (χ3v) is 4.72. The number of aliphatic hydroxyl groups is 1. The lowest BCUT2D eigenvalue weighted by Gasteiger charge is -2.25. The summed E-state index contributed by atoms with van der Waals surface area (Å²) in [5.74, 6) is 0. The fourth-order valence-electron chi connectivity index (χ4n) is 2.50. The molecule has 3 aromatic rings. The summed E-state index contributed by atoms with van der Waals surface area (Å²) in [5.41, 5.74) is 0.964. The van der Waals surface area contributed by atoms with Crippen LogP contribution in [0.1, 0.15) is 22.9 Å². The maximum atomic E-state index is 11.0. The van der Waals surface area contributed by atoms with E-state index < -0.39 is 5.60 Å². The predicted molar refractivity (Wildman–Crippen MR) is 79.5 cm³/mol. The number of benzene rings is 1. The van der Waals surface area contributed by atoms with Crippen molar-refractivity contribution in [3.05, 3.63) is 64.1 Å². The fourth-order valence-corrected chi connectivity index (χ4v) is 3.50. The molecule has 3 heteroatoms. The zero-order valence-corrected chi connectivity index (χ0v) is 11.7. The number of aromatic nitrogens is 1. The first-order valence-electron chi connectivity index (χ1n) is 6.21. The van der Waals surface area contributed by atoms with Gasteiger partial charge in [0.05, 0.1) is 0 Å². The average Bonchev–Trinajstić information content (AvgIpc) is 2.85. The average molecular weight is 269 g/mol. The van der Waals surface area contributed by atoms with Gasteiger partial charge >= 0.3 is 0 Å². The van der Waals surface area contributed by atoms with E-state index in [1.54, 1.807) is 17.5 Å². The molecule has 0 saturated heterocycles. The molecule has 1 N–H and O–H groups in total. The van der Waals surface area contributed by atoms with Crippen molar-refractivity contribution in [1.82, 2.24) is 4.98 Å². The van der Waals surface area contributed by atoms with E-state index in [2.05, 4.69) is 4.98 Å². The highest BCUT2D eigenvalue weighted by atomic mass is 32.1. The monoisotopic (exact) mass is 269 g/mol. The summed E-state index contributed by atoms with van der Waals surface area (Å²) in [7, 11) is 0.